The molecule has 0 heterocycles. The standard InChI is InChI=1S/C13H17NO4/c1-8-5-11(6-9(2)10(8)3)18-13(17)14(4)7-12(15)16/h5-6H,7H2,1-4H3,(H,15,16). The number of likely N-dealkylation sites (N-methyl/N-ethyl adjacent to an activating group) is 1. The molecule has 0 bridgehead atoms. The van der Waals surface area contributed by atoms with Gasteiger partial charge in [0.05, 0.1) is 0 Å². The Morgan fingerprint density at radius 2 is 1.72 bits per heavy atom. The highest BCUT2D eigenvalue weighted by molar-refractivity contribution is 5.77. The fourth-order valence-electron chi connectivity index (χ4n) is 1.50. The van der Waals surface area contributed by atoms with Crippen molar-refractivity contribution < 1.29 is 19.4 Å². The van der Waals surface area contributed by atoms with Gasteiger partial charge in [0.1, 0.15) is 12.3 Å². The maximum atomic E-state index is 11.6. The number of carboxylic acid groups (broad SMARTS) is 1. The Kier molecular flexibility index (Phi) is 4.31. The van der Waals surface area contributed by atoms with Crippen molar-refractivity contribution in [3.8, 4) is 5.75 Å². The lowest BCUT2D eigenvalue weighted by atomic mass is 10.0. The average molecular weight is 251 g/mol. The fraction of sp³-hybridized carbons (Fsp3) is 0.385. The molecule has 0 radical (unpaired) electrons. The fourth-order valence-corrected chi connectivity index (χ4v) is 1.50. The molecule has 0 atom stereocenters. The van der Waals surface area contributed by atoms with Crippen LogP contribution in [-0.2, 0) is 4.79 Å². The second-order valence-corrected chi connectivity index (χ2v) is 4.30. The predicted octanol–water partition coefficient (Wildman–Crippen LogP) is 2.13. The highest BCUT2D eigenvalue weighted by Gasteiger charge is 2.14. The predicted molar refractivity (Wildman–Crippen MR) is 66.9 cm³/mol. The number of benzene rings is 1. The van der Waals surface area contributed by atoms with Gasteiger partial charge in [-0.15, -0.1) is 0 Å². The van der Waals surface area contributed by atoms with Gasteiger partial charge < -0.3 is 9.84 Å². The van der Waals surface area contributed by atoms with Crippen LogP contribution in [0.5, 0.6) is 5.75 Å². The summed E-state index contributed by atoms with van der Waals surface area (Å²) in [6.07, 6.45) is -0.681. The molecular formula is C13H17NO4. The van der Waals surface area contributed by atoms with Crippen LogP contribution in [0, 0.1) is 20.8 Å². The smallest absolute Gasteiger partial charge is 0.415 e. The SMILES string of the molecule is Cc1cc(OC(=O)N(C)CC(=O)O)cc(C)c1C. The number of nitrogens with zero attached hydrogens (tertiary/aromatic N) is 1. The van der Waals surface area contributed by atoms with Crippen molar-refractivity contribution in [3.63, 3.8) is 0 Å². The summed E-state index contributed by atoms with van der Waals surface area (Å²) in [5, 5.41) is 8.57. The second-order valence-electron chi connectivity index (χ2n) is 4.30. The van der Waals surface area contributed by atoms with E-state index in [9.17, 15) is 9.59 Å². The molecule has 1 N–H and O–H groups in total. The van der Waals surface area contributed by atoms with Crippen LogP contribution in [-0.4, -0.2) is 35.7 Å². The van der Waals surface area contributed by atoms with E-state index in [0.717, 1.165) is 21.6 Å². The van der Waals surface area contributed by atoms with Crippen molar-refractivity contribution in [2.75, 3.05) is 13.6 Å². The maximum absolute atomic E-state index is 11.6. The van der Waals surface area contributed by atoms with E-state index >= 15 is 0 Å². The summed E-state index contributed by atoms with van der Waals surface area (Å²) in [7, 11) is 1.38. The number of hydrogen-bond acceptors (Lipinski definition) is 3. The third-order valence-electron chi connectivity index (χ3n) is 2.79. The molecule has 98 valence electrons. The summed E-state index contributed by atoms with van der Waals surface area (Å²) in [4.78, 5) is 23.1. The molecule has 0 saturated heterocycles. The first-order valence-electron chi connectivity index (χ1n) is 5.54. The quantitative estimate of drug-likeness (QED) is 0.893. The molecule has 0 aliphatic heterocycles. The zero-order valence-electron chi connectivity index (χ0n) is 11.0. The zero-order valence-corrected chi connectivity index (χ0v) is 11.0. The zero-order chi connectivity index (χ0) is 13.9. The average Bonchev–Trinajstić information content (AvgIpc) is 2.24. The lowest BCUT2D eigenvalue weighted by Gasteiger charge is -2.15. The van der Waals surface area contributed by atoms with E-state index in [2.05, 4.69) is 0 Å². The summed E-state index contributed by atoms with van der Waals surface area (Å²) in [5.74, 6) is -0.649. The number of aliphatic carboxylic acids is 1. The topological polar surface area (TPSA) is 66.8 Å². The number of carbonyl (C=O) groups excluding carboxylic acids is 1. The lowest BCUT2D eigenvalue weighted by molar-refractivity contribution is -0.137. The summed E-state index contributed by atoms with van der Waals surface area (Å²) in [5.41, 5.74) is 3.20. The molecule has 18 heavy (non-hydrogen) atoms. The van der Waals surface area contributed by atoms with Gasteiger partial charge in [0.2, 0.25) is 0 Å². The summed E-state index contributed by atoms with van der Waals surface area (Å²) in [6, 6.07) is 3.52. The highest BCUT2D eigenvalue weighted by atomic mass is 16.6. The molecule has 0 aromatic heterocycles. The van der Waals surface area contributed by atoms with Crippen molar-refractivity contribution in [1.82, 2.24) is 4.90 Å². The van der Waals surface area contributed by atoms with E-state index in [1.165, 1.54) is 7.05 Å². The van der Waals surface area contributed by atoms with Crippen molar-refractivity contribution in [1.29, 1.82) is 0 Å². The van der Waals surface area contributed by atoms with Gasteiger partial charge in [0, 0.05) is 7.05 Å². The number of hydrogen-bond donors (Lipinski definition) is 1. The van der Waals surface area contributed by atoms with E-state index in [1.807, 2.05) is 20.8 Å². The Labute approximate surface area is 106 Å². The molecule has 0 saturated carbocycles. The van der Waals surface area contributed by atoms with Gasteiger partial charge in [0.15, 0.2) is 0 Å². The second kappa shape index (κ2) is 5.53. The van der Waals surface area contributed by atoms with E-state index in [1.54, 1.807) is 12.1 Å². The molecule has 0 spiro atoms. The Morgan fingerprint density at radius 1 is 1.22 bits per heavy atom. The number of ether oxygens (including phenoxy) is 1. The Morgan fingerprint density at radius 3 is 2.17 bits per heavy atom. The highest BCUT2D eigenvalue weighted by Crippen LogP contribution is 2.21. The van der Waals surface area contributed by atoms with Crippen LogP contribution in [0.3, 0.4) is 0 Å². The van der Waals surface area contributed by atoms with Gasteiger partial charge in [-0.05, 0) is 49.6 Å². The molecular weight excluding hydrogens is 234 g/mol. The van der Waals surface area contributed by atoms with E-state index in [-0.39, 0.29) is 6.54 Å². The number of carbonyl (C=O) groups is 2. The molecule has 1 aromatic carbocycles. The minimum absolute atomic E-state index is 0.386. The largest absolute Gasteiger partial charge is 0.480 e. The summed E-state index contributed by atoms with van der Waals surface area (Å²) < 4.78 is 5.12. The first-order valence-corrected chi connectivity index (χ1v) is 5.54. The van der Waals surface area contributed by atoms with Gasteiger partial charge in [0.25, 0.3) is 0 Å². The maximum Gasteiger partial charge on any atom is 0.415 e. The molecule has 5 nitrogen and oxygen atoms in total. The lowest BCUT2D eigenvalue weighted by Crippen LogP contribution is -2.34. The minimum Gasteiger partial charge on any atom is -0.480 e. The van der Waals surface area contributed by atoms with E-state index < -0.39 is 12.1 Å². The number of amides is 1. The minimum atomic E-state index is -1.08. The van der Waals surface area contributed by atoms with E-state index in [0.29, 0.717) is 5.75 Å². The number of rotatable bonds is 3. The van der Waals surface area contributed by atoms with Gasteiger partial charge in [-0.3, -0.25) is 9.69 Å². The molecule has 1 rings (SSSR count). The molecule has 0 fully saturated rings. The molecule has 0 aliphatic rings. The Balaban J connectivity index is 2.79. The van der Waals surface area contributed by atoms with Crippen LogP contribution in [0.2, 0.25) is 0 Å². The van der Waals surface area contributed by atoms with Crippen molar-refractivity contribution in [2.24, 2.45) is 0 Å². The summed E-state index contributed by atoms with van der Waals surface area (Å²) >= 11 is 0. The van der Waals surface area contributed by atoms with Crippen LogP contribution in [0.25, 0.3) is 0 Å². The first-order chi connectivity index (χ1) is 8.31. The van der Waals surface area contributed by atoms with Gasteiger partial charge in [-0.1, -0.05) is 0 Å². The molecule has 0 aliphatic carbocycles. The van der Waals surface area contributed by atoms with Crippen LogP contribution in [0.1, 0.15) is 16.7 Å². The van der Waals surface area contributed by atoms with Gasteiger partial charge in [-0.2, -0.15) is 0 Å². The van der Waals surface area contributed by atoms with Crippen molar-refractivity contribution >= 4 is 12.1 Å². The third-order valence-corrected chi connectivity index (χ3v) is 2.79. The molecule has 5 heteroatoms. The van der Waals surface area contributed by atoms with Crippen molar-refractivity contribution in [3.05, 3.63) is 28.8 Å². The normalized spacial score (nSPS) is 10.0. The molecule has 1 aromatic rings. The van der Waals surface area contributed by atoms with E-state index in [4.69, 9.17) is 9.84 Å². The van der Waals surface area contributed by atoms with Gasteiger partial charge in [-0.25, -0.2) is 4.79 Å². The van der Waals surface area contributed by atoms with Crippen LogP contribution in [0.4, 0.5) is 4.79 Å². The molecule has 0 unspecified atom stereocenters. The number of carboxylic acids is 1. The summed E-state index contributed by atoms with van der Waals surface area (Å²) in [6.45, 7) is 5.47. The van der Waals surface area contributed by atoms with Crippen LogP contribution in [0.15, 0.2) is 12.1 Å². The monoisotopic (exact) mass is 251 g/mol. The first kappa shape index (κ1) is 14.0. The van der Waals surface area contributed by atoms with Gasteiger partial charge >= 0.3 is 12.1 Å². The third kappa shape index (κ3) is 3.48. The Hall–Kier alpha value is -2.04. The molecule has 1 amide bonds. The van der Waals surface area contributed by atoms with Crippen LogP contribution < -0.4 is 4.74 Å². The van der Waals surface area contributed by atoms with Crippen LogP contribution >= 0.6 is 0 Å². The van der Waals surface area contributed by atoms with Crippen molar-refractivity contribution in [2.45, 2.75) is 20.8 Å². The Bertz CT molecular complexity index is 459. The number of aryl methyl sites for hydroxylation is 2.